The first kappa shape index (κ1) is 6.95. The summed E-state index contributed by atoms with van der Waals surface area (Å²) in [6.45, 7) is 6.00. The zero-order valence-electron chi connectivity index (χ0n) is 5.04. The van der Waals surface area contributed by atoms with Crippen LogP contribution in [-0.4, -0.2) is 9.55 Å². The first-order chi connectivity index (χ1) is 3.89. The predicted octanol–water partition coefficient (Wildman–Crippen LogP) is 1.22. The number of aromatic nitrogens is 2. The number of aryl methyl sites for hydroxylation is 1. The van der Waals surface area contributed by atoms with Crippen molar-refractivity contribution in [2.75, 3.05) is 0 Å². The Kier molecular flexibility index (Phi) is 3.58. The van der Waals surface area contributed by atoms with Crippen molar-refractivity contribution in [2.24, 2.45) is 7.05 Å². The van der Waals surface area contributed by atoms with Gasteiger partial charge < -0.3 is 4.57 Å². The molecule has 2 nitrogen and oxygen atoms in total. The van der Waals surface area contributed by atoms with Crippen LogP contribution in [0, 0.1) is 0 Å². The molecule has 0 aliphatic rings. The van der Waals surface area contributed by atoms with Crippen molar-refractivity contribution < 1.29 is 0 Å². The molecule has 1 rings (SSSR count). The molecule has 0 fully saturated rings. The van der Waals surface area contributed by atoms with Crippen molar-refractivity contribution in [2.45, 2.75) is 0 Å². The summed E-state index contributed by atoms with van der Waals surface area (Å²) in [6.07, 6.45) is 5.39. The van der Waals surface area contributed by atoms with Gasteiger partial charge in [0.2, 0.25) is 0 Å². The highest BCUT2D eigenvalue weighted by Gasteiger charge is 1.69. The van der Waals surface area contributed by atoms with E-state index in [1.54, 1.807) is 12.5 Å². The van der Waals surface area contributed by atoms with E-state index < -0.39 is 0 Å². The third-order valence-corrected chi connectivity index (χ3v) is 0.637. The van der Waals surface area contributed by atoms with E-state index in [2.05, 4.69) is 18.1 Å². The summed E-state index contributed by atoms with van der Waals surface area (Å²) in [5.41, 5.74) is 0. The van der Waals surface area contributed by atoms with Crippen LogP contribution in [0.15, 0.2) is 31.9 Å². The standard InChI is InChI=1S/C4H6N2.C2H4/c1-6-3-2-5-4-6;1-2/h2-4H,1H3;1-2H2. The van der Waals surface area contributed by atoms with E-state index in [0.717, 1.165) is 0 Å². The highest BCUT2D eigenvalue weighted by molar-refractivity contribution is 4.70. The van der Waals surface area contributed by atoms with Crippen LogP contribution in [0.3, 0.4) is 0 Å². The van der Waals surface area contributed by atoms with Crippen molar-refractivity contribution in [3.05, 3.63) is 31.9 Å². The summed E-state index contributed by atoms with van der Waals surface area (Å²) >= 11 is 0. The zero-order chi connectivity index (χ0) is 6.41. The van der Waals surface area contributed by atoms with E-state index in [9.17, 15) is 0 Å². The zero-order valence-corrected chi connectivity index (χ0v) is 5.04. The smallest absolute Gasteiger partial charge is 0.0943 e. The van der Waals surface area contributed by atoms with Gasteiger partial charge in [-0.15, -0.1) is 13.2 Å². The maximum absolute atomic E-state index is 3.78. The van der Waals surface area contributed by atoms with E-state index >= 15 is 0 Å². The topological polar surface area (TPSA) is 17.8 Å². The van der Waals surface area contributed by atoms with Gasteiger partial charge in [0.1, 0.15) is 0 Å². The molecule has 2 heteroatoms. The van der Waals surface area contributed by atoms with Crippen LogP contribution >= 0.6 is 0 Å². The minimum absolute atomic E-state index is 1.75. The van der Waals surface area contributed by atoms with Gasteiger partial charge >= 0.3 is 0 Å². The van der Waals surface area contributed by atoms with Gasteiger partial charge in [0.25, 0.3) is 0 Å². The second-order valence-corrected chi connectivity index (χ2v) is 1.23. The molecule has 0 spiro atoms. The van der Waals surface area contributed by atoms with Crippen molar-refractivity contribution in [3.63, 3.8) is 0 Å². The molecular weight excluding hydrogens is 100 g/mol. The van der Waals surface area contributed by atoms with Gasteiger partial charge in [0.15, 0.2) is 0 Å². The second-order valence-electron chi connectivity index (χ2n) is 1.23. The van der Waals surface area contributed by atoms with Crippen LogP contribution in [0.1, 0.15) is 0 Å². The summed E-state index contributed by atoms with van der Waals surface area (Å²) in [5, 5.41) is 0. The Morgan fingerprint density at radius 1 is 1.50 bits per heavy atom. The van der Waals surface area contributed by atoms with Gasteiger partial charge in [0.05, 0.1) is 6.33 Å². The fourth-order valence-electron chi connectivity index (χ4n) is 0.326. The molecule has 0 saturated heterocycles. The molecule has 0 N–H and O–H groups in total. The SMILES string of the molecule is C=C.Cn1ccnc1. The lowest BCUT2D eigenvalue weighted by Gasteiger charge is -1.76. The highest BCUT2D eigenvalue weighted by Crippen LogP contribution is 1.73. The molecule has 0 saturated carbocycles. The first-order valence-corrected chi connectivity index (χ1v) is 2.31. The average Bonchev–Trinajstić information content (AvgIpc) is 2.24. The molecule has 1 heterocycles. The highest BCUT2D eigenvalue weighted by atomic mass is 15.0. The number of nitrogens with zero attached hydrogens (tertiary/aromatic N) is 2. The molecule has 0 bridgehead atoms. The van der Waals surface area contributed by atoms with Crippen LogP contribution in [0.5, 0.6) is 0 Å². The van der Waals surface area contributed by atoms with Crippen LogP contribution in [-0.2, 0) is 7.05 Å². The Morgan fingerprint density at radius 3 is 2.25 bits per heavy atom. The first-order valence-electron chi connectivity index (χ1n) is 2.31. The summed E-state index contributed by atoms with van der Waals surface area (Å²) in [7, 11) is 1.94. The lowest BCUT2D eigenvalue weighted by atomic mass is 10.9. The fourth-order valence-corrected chi connectivity index (χ4v) is 0.326. The summed E-state index contributed by atoms with van der Waals surface area (Å²) in [5.74, 6) is 0. The minimum Gasteiger partial charge on any atom is -0.341 e. The van der Waals surface area contributed by atoms with Gasteiger partial charge in [-0.3, -0.25) is 0 Å². The van der Waals surface area contributed by atoms with Crippen molar-refractivity contribution in [1.82, 2.24) is 9.55 Å². The molecule has 44 valence electrons. The average molecular weight is 110 g/mol. The largest absolute Gasteiger partial charge is 0.341 e. The van der Waals surface area contributed by atoms with Gasteiger partial charge in [-0.05, 0) is 0 Å². The normalized spacial score (nSPS) is 7.12. The van der Waals surface area contributed by atoms with Crippen molar-refractivity contribution in [3.8, 4) is 0 Å². The summed E-state index contributed by atoms with van der Waals surface area (Å²) in [4.78, 5) is 3.78. The maximum atomic E-state index is 3.78. The molecule has 0 unspecified atom stereocenters. The van der Waals surface area contributed by atoms with Crippen LogP contribution in [0.2, 0.25) is 0 Å². The van der Waals surface area contributed by atoms with Crippen LogP contribution in [0.4, 0.5) is 0 Å². The Balaban J connectivity index is 0.000000222. The molecule has 1 aromatic rings. The Hall–Kier alpha value is -1.05. The van der Waals surface area contributed by atoms with E-state index in [0.29, 0.717) is 0 Å². The molecule has 0 aromatic carbocycles. The van der Waals surface area contributed by atoms with Gasteiger partial charge in [0, 0.05) is 19.4 Å². The predicted molar refractivity (Wildman–Crippen MR) is 34.5 cm³/mol. The lowest BCUT2D eigenvalue weighted by molar-refractivity contribution is 0.913. The Morgan fingerprint density at radius 2 is 2.12 bits per heavy atom. The summed E-state index contributed by atoms with van der Waals surface area (Å²) < 4.78 is 1.89. The molecule has 0 radical (unpaired) electrons. The molecule has 0 aliphatic heterocycles. The molecule has 0 amide bonds. The van der Waals surface area contributed by atoms with E-state index in [-0.39, 0.29) is 0 Å². The van der Waals surface area contributed by atoms with Gasteiger partial charge in [-0.2, -0.15) is 0 Å². The molecule has 0 atom stereocenters. The lowest BCUT2D eigenvalue weighted by Crippen LogP contribution is -1.76. The quantitative estimate of drug-likeness (QED) is 0.459. The number of rotatable bonds is 0. The number of imidazole rings is 1. The minimum atomic E-state index is 1.75. The van der Waals surface area contributed by atoms with E-state index in [1.165, 1.54) is 0 Å². The molecular formula is C6H10N2. The number of hydrogen-bond acceptors (Lipinski definition) is 1. The maximum Gasteiger partial charge on any atom is 0.0943 e. The second kappa shape index (κ2) is 4.12. The Labute approximate surface area is 49.5 Å². The molecule has 8 heavy (non-hydrogen) atoms. The Bertz CT molecular complexity index is 121. The number of hydrogen-bond donors (Lipinski definition) is 0. The van der Waals surface area contributed by atoms with E-state index in [1.807, 2.05) is 17.8 Å². The van der Waals surface area contributed by atoms with Gasteiger partial charge in [-0.1, -0.05) is 0 Å². The molecule has 0 aliphatic carbocycles. The molecule has 1 aromatic heterocycles. The third-order valence-electron chi connectivity index (χ3n) is 0.637. The van der Waals surface area contributed by atoms with Crippen molar-refractivity contribution in [1.29, 1.82) is 0 Å². The monoisotopic (exact) mass is 110 g/mol. The van der Waals surface area contributed by atoms with Gasteiger partial charge in [-0.25, -0.2) is 4.98 Å². The summed E-state index contributed by atoms with van der Waals surface area (Å²) in [6, 6.07) is 0. The van der Waals surface area contributed by atoms with Crippen LogP contribution < -0.4 is 0 Å². The third kappa shape index (κ3) is 2.18. The van der Waals surface area contributed by atoms with Crippen LogP contribution in [0.25, 0.3) is 0 Å². The fraction of sp³-hybridized carbons (Fsp3) is 0.167. The van der Waals surface area contributed by atoms with E-state index in [4.69, 9.17) is 0 Å². The van der Waals surface area contributed by atoms with Crippen molar-refractivity contribution >= 4 is 0 Å².